The number of hydrogen-bond donors (Lipinski definition) is 1. The summed E-state index contributed by atoms with van der Waals surface area (Å²) in [6, 6.07) is 3.88. The highest BCUT2D eigenvalue weighted by molar-refractivity contribution is 5.88. The highest BCUT2D eigenvalue weighted by atomic mass is 19.1. The summed E-state index contributed by atoms with van der Waals surface area (Å²) in [4.78, 5) is 21.7. The molecule has 0 atom stereocenters. The molecule has 0 aliphatic heterocycles. The van der Waals surface area contributed by atoms with E-state index < -0.39 is 23.3 Å². The average Bonchev–Trinajstić information content (AvgIpc) is 2.31. The largest absolute Gasteiger partial charge is 0.478 e. The number of carboxylic acids is 1. The van der Waals surface area contributed by atoms with Crippen molar-refractivity contribution in [2.24, 2.45) is 0 Å². The van der Waals surface area contributed by atoms with Gasteiger partial charge in [-0.05, 0) is 19.1 Å². The average molecular weight is 250 g/mol. The maximum Gasteiger partial charge on any atom is 0.338 e. The molecule has 0 radical (unpaired) electrons. The molecule has 0 spiro atoms. The lowest BCUT2D eigenvalue weighted by molar-refractivity contribution is -0.141. The second-order valence-corrected chi connectivity index (χ2v) is 3.26. The van der Waals surface area contributed by atoms with Crippen molar-refractivity contribution in [1.29, 1.82) is 0 Å². The zero-order valence-corrected chi connectivity index (χ0v) is 9.70. The van der Waals surface area contributed by atoms with E-state index in [1.54, 1.807) is 6.92 Å². The maximum absolute atomic E-state index is 13.6. The molecule has 0 bridgehead atoms. The van der Waals surface area contributed by atoms with Gasteiger partial charge in [0, 0.05) is 0 Å². The van der Waals surface area contributed by atoms with Crippen molar-refractivity contribution in [1.82, 2.24) is 0 Å². The van der Waals surface area contributed by atoms with Crippen LogP contribution in [-0.2, 0) is 9.53 Å². The number of aromatic carboxylic acids is 1. The van der Waals surface area contributed by atoms with Gasteiger partial charge in [-0.15, -0.1) is 0 Å². The summed E-state index contributed by atoms with van der Waals surface area (Å²) in [7, 11) is 0. The Morgan fingerprint density at radius 1 is 1.44 bits per heavy atom. The van der Waals surface area contributed by atoms with Crippen LogP contribution in [0.2, 0.25) is 0 Å². The number of ether oxygens (including phenoxy) is 1. The van der Waals surface area contributed by atoms with E-state index in [0.29, 0.717) is 0 Å². The van der Waals surface area contributed by atoms with Gasteiger partial charge >= 0.3 is 11.9 Å². The lowest BCUT2D eigenvalue weighted by Gasteiger charge is -1.99. The Morgan fingerprint density at radius 3 is 2.78 bits per heavy atom. The minimum absolute atomic E-state index is 0.0563. The summed E-state index contributed by atoms with van der Waals surface area (Å²) in [5.41, 5.74) is -0.503. The smallest absolute Gasteiger partial charge is 0.338 e. The van der Waals surface area contributed by atoms with Gasteiger partial charge in [-0.1, -0.05) is 17.9 Å². The molecule has 0 aromatic heterocycles. The van der Waals surface area contributed by atoms with Crippen molar-refractivity contribution in [3.8, 4) is 11.8 Å². The first-order valence-corrected chi connectivity index (χ1v) is 5.22. The van der Waals surface area contributed by atoms with E-state index in [2.05, 4.69) is 16.6 Å². The predicted octanol–water partition coefficient (Wildman–Crippen LogP) is 1.83. The van der Waals surface area contributed by atoms with Crippen molar-refractivity contribution in [2.45, 2.75) is 13.3 Å². The van der Waals surface area contributed by atoms with Gasteiger partial charge in [0.2, 0.25) is 0 Å². The fourth-order valence-electron chi connectivity index (χ4n) is 1.22. The zero-order valence-electron chi connectivity index (χ0n) is 9.70. The molecule has 0 unspecified atom stereocenters. The molecule has 0 saturated heterocycles. The molecule has 0 aliphatic rings. The molecular formula is C13H11FO4. The molecular weight excluding hydrogens is 239 g/mol. The summed E-state index contributed by atoms with van der Waals surface area (Å²) in [5, 5.41) is 8.71. The summed E-state index contributed by atoms with van der Waals surface area (Å²) in [5.74, 6) is 2.08. The molecule has 0 fully saturated rings. The first kappa shape index (κ1) is 13.7. The first-order chi connectivity index (χ1) is 8.56. The first-order valence-electron chi connectivity index (χ1n) is 5.22. The second-order valence-electron chi connectivity index (χ2n) is 3.26. The van der Waals surface area contributed by atoms with E-state index in [-0.39, 0.29) is 18.6 Å². The highest BCUT2D eigenvalue weighted by Gasteiger charge is 2.12. The van der Waals surface area contributed by atoms with Crippen molar-refractivity contribution in [3.63, 3.8) is 0 Å². The number of carboxylic acid groups (broad SMARTS) is 1. The molecule has 1 rings (SSSR count). The van der Waals surface area contributed by atoms with Gasteiger partial charge in [0.15, 0.2) is 5.82 Å². The summed E-state index contributed by atoms with van der Waals surface area (Å²) >= 11 is 0. The van der Waals surface area contributed by atoms with E-state index in [1.807, 2.05) is 0 Å². The standard InChI is InChI=1S/C13H11FO4/c1-2-18-11(15)8-4-6-9-5-3-7-10(12(9)14)13(16)17/h3,5,7H,2,8H2,1H3,(H,16,17). The third-order valence-electron chi connectivity index (χ3n) is 1.99. The zero-order chi connectivity index (χ0) is 13.5. The Balaban J connectivity index is 2.86. The van der Waals surface area contributed by atoms with Crippen LogP contribution in [0.15, 0.2) is 18.2 Å². The number of hydrogen-bond acceptors (Lipinski definition) is 3. The van der Waals surface area contributed by atoms with E-state index >= 15 is 0 Å². The highest BCUT2D eigenvalue weighted by Crippen LogP contribution is 2.11. The van der Waals surface area contributed by atoms with Crippen molar-refractivity contribution >= 4 is 11.9 Å². The summed E-state index contributed by atoms with van der Waals surface area (Å²) in [6.45, 7) is 1.92. The minimum atomic E-state index is -1.36. The lowest BCUT2D eigenvalue weighted by atomic mass is 10.1. The quantitative estimate of drug-likeness (QED) is 0.656. The third kappa shape index (κ3) is 3.59. The normalized spacial score (nSPS) is 9.22. The van der Waals surface area contributed by atoms with E-state index in [4.69, 9.17) is 5.11 Å². The maximum atomic E-state index is 13.6. The molecule has 4 nitrogen and oxygen atoms in total. The predicted molar refractivity (Wildman–Crippen MR) is 61.5 cm³/mol. The molecule has 0 saturated carbocycles. The van der Waals surface area contributed by atoms with Gasteiger partial charge in [-0.25, -0.2) is 9.18 Å². The molecule has 1 aromatic carbocycles. The number of carbonyl (C=O) groups is 2. The number of esters is 1. The molecule has 5 heteroatoms. The van der Waals surface area contributed by atoms with E-state index in [9.17, 15) is 14.0 Å². The third-order valence-corrected chi connectivity index (χ3v) is 1.99. The fourth-order valence-corrected chi connectivity index (χ4v) is 1.22. The van der Waals surface area contributed by atoms with E-state index in [0.717, 1.165) is 6.07 Å². The van der Waals surface area contributed by atoms with Gasteiger partial charge in [0.1, 0.15) is 6.42 Å². The summed E-state index contributed by atoms with van der Waals surface area (Å²) in [6.07, 6.45) is -0.162. The van der Waals surface area contributed by atoms with Crippen LogP contribution in [0.3, 0.4) is 0 Å². The van der Waals surface area contributed by atoms with Crippen LogP contribution in [-0.4, -0.2) is 23.7 Å². The fraction of sp³-hybridized carbons (Fsp3) is 0.231. The van der Waals surface area contributed by atoms with Gasteiger partial charge < -0.3 is 9.84 Å². The van der Waals surface area contributed by atoms with Crippen LogP contribution in [0.25, 0.3) is 0 Å². The SMILES string of the molecule is CCOC(=O)CC#Cc1cccc(C(=O)O)c1F. The van der Waals surface area contributed by atoms with Gasteiger partial charge in [0.25, 0.3) is 0 Å². The molecule has 0 amide bonds. The Labute approximate surface area is 103 Å². The van der Waals surface area contributed by atoms with Gasteiger partial charge in [-0.2, -0.15) is 0 Å². The van der Waals surface area contributed by atoms with Crippen LogP contribution in [0.5, 0.6) is 0 Å². The van der Waals surface area contributed by atoms with Crippen LogP contribution in [0, 0.1) is 17.7 Å². The monoisotopic (exact) mass is 250 g/mol. The molecule has 18 heavy (non-hydrogen) atoms. The Hall–Kier alpha value is -2.35. The van der Waals surface area contributed by atoms with Crippen LogP contribution < -0.4 is 0 Å². The lowest BCUT2D eigenvalue weighted by Crippen LogP contribution is -2.03. The van der Waals surface area contributed by atoms with Crippen LogP contribution in [0.4, 0.5) is 4.39 Å². The summed E-state index contributed by atoms with van der Waals surface area (Å²) < 4.78 is 18.2. The Kier molecular flexibility index (Phi) is 4.88. The Bertz CT molecular complexity index is 526. The topological polar surface area (TPSA) is 63.6 Å². The van der Waals surface area contributed by atoms with Gasteiger partial charge in [-0.3, -0.25) is 4.79 Å². The van der Waals surface area contributed by atoms with Crippen molar-refractivity contribution in [3.05, 3.63) is 35.1 Å². The van der Waals surface area contributed by atoms with Crippen molar-refractivity contribution in [2.75, 3.05) is 6.61 Å². The van der Waals surface area contributed by atoms with E-state index in [1.165, 1.54) is 12.1 Å². The Morgan fingerprint density at radius 2 is 2.17 bits per heavy atom. The number of halogens is 1. The second kappa shape index (κ2) is 6.40. The van der Waals surface area contributed by atoms with Gasteiger partial charge in [0.05, 0.1) is 17.7 Å². The molecule has 0 heterocycles. The van der Waals surface area contributed by atoms with Crippen LogP contribution in [0.1, 0.15) is 29.3 Å². The molecule has 1 aromatic rings. The van der Waals surface area contributed by atoms with Crippen molar-refractivity contribution < 1.29 is 23.8 Å². The minimum Gasteiger partial charge on any atom is -0.478 e. The molecule has 1 N–H and O–H groups in total. The van der Waals surface area contributed by atoms with Crippen LogP contribution >= 0.6 is 0 Å². The number of benzene rings is 1. The molecule has 94 valence electrons. The number of rotatable bonds is 3. The molecule has 0 aliphatic carbocycles. The number of carbonyl (C=O) groups excluding carboxylic acids is 1.